The molecule has 1 amide bonds. The smallest absolute Gasteiger partial charge is 0.248 e. The van der Waals surface area contributed by atoms with Crippen molar-refractivity contribution in [1.29, 1.82) is 0 Å². The highest BCUT2D eigenvalue weighted by Gasteiger charge is 2.31. The van der Waals surface area contributed by atoms with Gasteiger partial charge in [-0.25, -0.2) is 4.98 Å². The largest absolute Gasteiger partial charge is 0.375 e. The summed E-state index contributed by atoms with van der Waals surface area (Å²) in [7, 11) is 1.55. The van der Waals surface area contributed by atoms with Crippen LogP contribution in [0.5, 0.6) is 0 Å². The second-order valence-corrected chi connectivity index (χ2v) is 6.73. The highest BCUT2D eigenvalue weighted by atomic mass is 16.5. The molecule has 0 aliphatic carbocycles. The third-order valence-electron chi connectivity index (χ3n) is 4.95. The van der Waals surface area contributed by atoms with Gasteiger partial charge in [0.1, 0.15) is 12.4 Å². The number of hydrogen-bond acceptors (Lipinski definition) is 4. The number of hydrogen-bond donors (Lipinski definition) is 0. The van der Waals surface area contributed by atoms with Crippen molar-refractivity contribution in [1.82, 2.24) is 19.4 Å². The van der Waals surface area contributed by atoms with Crippen molar-refractivity contribution in [2.24, 2.45) is 0 Å². The lowest BCUT2D eigenvalue weighted by Gasteiger charge is -2.34. The molecule has 27 heavy (non-hydrogen) atoms. The van der Waals surface area contributed by atoms with E-state index in [1.54, 1.807) is 13.3 Å². The van der Waals surface area contributed by atoms with Crippen LogP contribution >= 0.6 is 0 Å². The zero-order valence-electron chi connectivity index (χ0n) is 15.3. The maximum atomic E-state index is 12.5. The van der Waals surface area contributed by atoms with Crippen LogP contribution in [0.4, 0.5) is 0 Å². The Morgan fingerprint density at radius 3 is 2.93 bits per heavy atom. The molecule has 1 aliphatic heterocycles. The highest BCUT2D eigenvalue weighted by Crippen LogP contribution is 2.33. The molecule has 0 fully saturated rings. The Labute approximate surface area is 158 Å². The van der Waals surface area contributed by atoms with E-state index in [4.69, 9.17) is 4.74 Å². The minimum atomic E-state index is 0.00219. The lowest BCUT2D eigenvalue weighted by atomic mass is 9.89. The molecule has 1 aromatic carbocycles. The molecule has 0 saturated heterocycles. The zero-order valence-corrected chi connectivity index (χ0v) is 15.3. The number of carbonyl (C=O) groups excluding carboxylic acids is 1. The summed E-state index contributed by atoms with van der Waals surface area (Å²) < 4.78 is 7.20. The van der Waals surface area contributed by atoms with Gasteiger partial charge in [-0.1, -0.05) is 30.3 Å². The highest BCUT2D eigenvalue weighted by molar-refractivity contribution is 5.78. The Balaban J connectivity index is 1.68. The van der Waals surface area contributed by atoms with Crippen LogP contribution in [0.3, 0.4) is 0 Å². The molecule has 2 aromatic heterocycles. The van der Waals surface area contributed by atoms with Crippen LogP contribution in [0.15, 0.2) is 61.2 Å². The van der Waals surface area contributed by atoms with Crippen LogP contribution in [0.1, 0.15) is 28.4 Å². The first kappa shape index (κ1) is 17.4. The van der Waals surface area contributed by atoms with Gasteiger partial charge in [-0.15, -0.1) is 0 Å². The Morgan fingerprint density at radius 1 is 1.22 bits per heavy atom. The maximum absolute atomic E-state index is 12.5. The van der Waals surface area contributed by atoms with Crippen LogP contribution in [-0.4, -0.2) is 45.6 Å². The number of aromatic nitrogens is 3. The van der Waals surface area contributed by atoms with Gasteiger partial charge in [0.25, 0.3) is 0 Å². The number of amides is 1. The minimum absolute atomic E-state index is 0.00219. The summed E-state index contributed by atoms with van der Waals surface area (Å²) in [6.07, 6.45) is 7.45. The number of carbonyl (C=O) groups is 1. The predicted molar refractivity (Wildman–Crippen MR) is 101 cm³/mol. The van der Waals surface area contributed by atoms with Gasteiger partial charge >= 0.3 is 0 Å². The molecule has 6 heteroatoms. The van der Waals surface area contributed by atoms with Crippen molar-refractivity contribution in [3.8, 4) is 0 Å². The van der Waals surface area contributed by atoms with Gasteiger partial charge in [0, 0.05) is 45.0 Å². The first-order chi connectivity index (χ1) is 13.3. The summed E-state index contributed by atoms with van der Waals surface area (Å²) >= 11 is 0. The van der Waals surface area contributed by atoms with Crippen molar-refractivity contribution >= 4 is 5.91 Å². The number of benzene rings is 1. The quantitative estimate of drug-likeness (QED) is 0.699. The molecule has 0 N–H and O–H groups in total. The van der Waals surface area contributed by atoms with E-state index < -0.39 is 0 Å². The Bertz CT molecular complexity index is 923. The summed E-state index contributed by atoms with van der Waals surface area (Å²) in [4.78, 5) is 23.2. The van der Waals surface area contributed by atoms with E-state index in [2.05, 4.69) is 32.7 Å². The molecule has 0 unspecified atom stereocenters. The summed E-state index contributed by atoms with van der Waals surface area (Å²) in [5.41, 5.74) is 3.51. The normalized spacial score (nSPS) is 16.2. The third-order valence-corrected chi connectivity index (χ3v) is 4.95. The van der Waals surface area contributed by atoms with Gasteiger partial charge in [0.05, 0.1) is 12.5 Å². The number of fused-ring (bicyclic) bond motifs is 1. The molecule has 1 aliphatic rings. The monoisotopic (exact) mass is 362 g/mol. The molecular weight excluding hydrogens is 340 g/mol. The number of ether oxygens (including phenoxy) is 1. The Hall–Kier alpha value is -2.99. The summed E-state index contributed by atoms with van der Waals surface area (Å²) in [6, 6.07) is 12.3. The average Bonchev–Trinajstić information content (AvgIpc) is 3.16. The Kier molecular flexibility index (Phi) is 4.98. The molecule has 4 rings (SSSR count). The van der Waals surface area contributed by atoms with Gasteiger partial charge in [-0.3, -0.25) is 9.78 Å². The van der Waals surface area contributed by atoms with Crippen LogP contribution in [0, 0.1) is 0 Å². The molecule has 0 spiro atoms. The molecule has 3 aromatic rings. The SMILES string of the molecule is COCC(=O)N1Cc2ccccc2[C@@H](c2nccn2Cc2cccnc2)C1. The number of imidazole rings is 1. The molecule has 0 saturated carbocycles. The van der Waals surface area contributed by atoms with E-state index in [9.17, 15) is 4.79 Å². The molecule has 6 nitrogen and oxygen atoms in total. The molecule has 0 radical (unpaired) electrons. The van der Waals surface area contributed by atoms with Gasteiger partial charge in [-0.05, 0) is 22.8 Å². The van der Waals surface area contributed by atoms with Crippen molar-refractivity contribution in [2.75, 3.05) is 20.3 Å². The molecule has 138 valence electrons. The van der Waals surface area contributed by atoms with Crippen molar-refractivity contribution < 1.29 is 9.53 Å². The van der Waals surface area contributed by atoms with E-state index in [0.29, 0.717) is 19.6 Å². The fourth-order valence-electron chi connectivity index (χ4n) is 3.69. The van der Waals surface area contributed by atoms with E-state index in [1.165, 1.54) is 5.56 Å². The summed E-state index contributed by atoms with van der Waals surface area (Å²) in [5.74, 6) is 0.992. The van der Waals surface area contributed by atoms with Gasteiger partial charge < -0.3 is 14.2 Å². The molecule has 1 atom stereocenters. The first-order valence-electron chi connectivity index (χ1n) is 9.00. The number of nitrogens with zero attached hydrogens (tertiary/aromatic N) is 4. The molecule has 3 heterocycles. The lowest BCUT2D eigenvalue weighted by Crippen LogP contribution is -2.41. The first-order valence-corrected chi connectivity index (χ1v) is 9.00. The fourth-order valence-corrected chi connectivity index (χ4v) is 3.69. The number of methoxy groups -OCH3 is 1. The van der Waals surface area contributed by atoms with Gasteiger partial charge in [0.15, 0.2) is 0 Å². The van der Waals surface area contributed by atoms with E-state index in [1.807, 2.05) is 41.7 Å². The predicted octanol–water partition coefficient (Wildman–Crippen LogP) is 2.45. The van der Waals surface area contributed by atoms with E-state index in [-0.39, 0.29) is 18.4 Å². The number of rotatable bonds is 5. The molecule has 0 bridgehead atoms. The van der Waals surface area contributed by atoms with Crippen LogP contribution in [-0.2, 0) is 22.6 Å². The third kappa shape index (κ3) is 3.61. The lowest BCUT2D eigenvalue weighted by molar-refractivity contribution is -0.136. The van der Waals surface area contributed by atoms with Gasteiger partial charge in [0.2, 0.25) is 5.91 Å². The van der Waals surface area contributed by atoms with Crippen LogP contribution in [0.2, 0.25) is 0 Å². The van der Waals surface area contributed by atoms with E-state index >= 15 is 0 Å². The Morgan fingerprint density at radius 2 is 2.11 bits per heavy atom. The summed E-state index contributed by atoms with van der Waals surface area (Å²) in [6.45, 7) is 2.01. The van der Waals surface area contributed by atoms with Crippen molar-refractivity contribution in [3.05, 3.63) is 83.7 Å². The topological polar surface area (TPSA) is 60.2 Å². The second-order valence-electron chi connectivity index (χ2n) is 6.73. The minimum Gasteiger partial charge on any atom is -0.375 e. The maximum Gasteiger partial charge on any atom is 0.248 e. The van der Waals surface area contributed by atoms with Gasteiger partial charge in [-0.2, -0.15) is 0 Å². The number of pyridine rings is 1. The van der Waals surface area contributed by atoms with Crippen molar-refractivity contribution in [3.63, 3.8) is 0 Å². The second kappa shape index (κ2) is 7.72. The van der Waals surface area contributed by atoms with Crippen molar-refractivity contribution in [2.45, 2.75) is 19.0 Å². The van der Waals surface area contributed by atoms with Crippen LogP contribution < -0.4 is 0 Å². The van der Waals surface area contributed by atoms with Crippen LogP contribution in [0.25, 0.3) is 0 Å². The molecular formula is C21H22N4O2. The summed E-state index contributed by atoms with van der Waals surface area (Å²) in [5, 5.41) is 0. The van der Waals surface area contributed by atoms with E-state index in [0.717, 1.165) is 17.0 Å². The standard InChI is InChI=1S/C21H22N4O2/c1-27-15-20(26)25-13-17-6-2-3-7-18(17)19(14-25)21-23-9-10-24(21)12-16-5-4-8-22-11-16/h2-11,19H,12-15H2,1H3/t19-/m0/s1. The fraction of sp³-hybridized carbons (Fsp3) is 0.286. The average molecular weight is 362 g/mol. The zero-order chi connectivity index (χ0) is 18.6.